The predicted octanol–water partition coefficient (Wildman–Crippen LogP) is 2.22. The summed E-state index contributed by atoms with van der Waals surface area (Å²) < 4.78 is 5.52. The highest BCUT2D eigenvalue weighted by Crippen LogP contribution is 2.15. The van der Waals surface area contributed by atoms with Gasteiger partial charge in [0.15, 0.2) is 5.58 Å². The molecular weight excluding hydrogens is 268 g/mol. The third-order valence-electron chi connectivity index (χ3n) is 3.00. The second-order valence-corrected chi connectivity index (χ2v) is 4.58. The Morgan fingerprint density at radius 3 is 3.05 bits per heavy atom. The summed E-state index contributed by atoms with van der Waals surface area (Å²) >= 11 is 0. The van der Waals surface area contributed by atoms with E-state index in [0.29, 0.717) is 18.0 Å². The zero-order valence-corrected chi connectivity index (χ0v) is 11.5. The highest BCUT2D eigenvalue weighted by atomic mass is 16.3. The van der Waals surface area contributed by atoms with Crippen LogP contribution in [-0.4, -0.2) is 32.8 Å². The fourth-order valence-corrected chi connectivity index (χ4v) is 1.92. The first-order valence-electron chi connectivity index (χ1n) is 6.49. The Morgan fingerprint density at radius 2 is 2.29 bits per heavy atom. The molecule has 0 fully saturated rings. The fraction of sp³-hybridized carbons (Fsp3) is 0.133. The summed E-state index contributed by atoms with van der Waals surface area (Å²) in [5, 5.41) is 0. The van der Waals surface area contributed by atoms with Crippen molar-refractivity contribution in [2.45, 2.75) is 6.54 Å². The largest absolute Gasteiger partial charge is 0.437 e. The van der Waals surface area contributed by atoms with Crippen molar-refractivity contribution in [3.8, 4) is 0 Å². The number of aromatic nitrogens is 3. The summed E-state index contributed by atoms with van der Waals surface area (Å²) in [6.45, 7) is 0.420. The van der Waals surface area contributed by atoms with Crippen LogP contribution in [0.2, 0.25) is 0 Å². The summed E-state index contributed by atoms with van der Waals surface area (Å²) in [6.07, 6.45) is 6.39. The Morgan fingerprint density at radius 1 is 1.43 bits per heavy atom. The first-order valence-corrected chi connectivity index (χ1v) is 6.49. The van der Waals surface area contributed by atoms with Gasteiger partial charge >= 0.3 is 0 Å². The van der Waals surface area contributed by atoms with Crippen LogP contribution in [0.1, 0.15) is 11.7 Å². The van der Waals surface area contributed by atoms with Gasteiger partial charge in [0.1, 0.15) is 11.3 Å². The molecule has 0 bridgehead atoms. The molecule has 0 aliphatic rings. The Hall–Kier alpha value is -2.89. The molecule has 2 aromatic heterocycles. The number of nitrogens with zero attached hydrogens (tertiary/aromatic N) is 3. The molecule has 0 atom stereocenters. The fourth-order valence-electron chi connectivity index (χ4n) is 1.92. The number of carbonyl (C=O) groups excluding carboxylic acids is 1. The number of nitrogens with one attached hydrogen (secondary N) is 1. The lowest BCUT2D eigenvalue weighted by Gasteiger charge is -2.12. The van der Waals surface area contributed by atoms with Crippen LogP contribution in [0.25, 0.3) is 17.2 Å². The number of imidazole rings is 1. The van der Waals surface area contributed by atoms with Gasteiger partial charge in [-0.05, 0) is 12.1 Å². The van der Waals surface area contributed by atoms with Gasteiger partial charge in [0, 0.05) is 31.6 Å². The molecule has 1 N–H and O–H groups in total. The van der Waals surface area contributed by atoms with Crippen molar-refractivity contribution in [3.05, 3.63) is 54.5 Å². The average Bonchev–Trinajstić information content (AvgIpc) is 3.13. The Kier molecular flexibility index (Phi) is 3.51. The van der Waals surface area contributed by atoms with E-state index in [1.54, 1.807) is 30.4 Å². The molecule has 106 valence electrons. The van der Waals surface area contributed by atoms with Crippen molar-refractivity contribution in [2.75, 3.05) is 7.05 Å². The number of hydrogen-bond donors (Lipinski definition) is 1. The lowest BCUT2D eigenvalue weighted by molar-refractivity contribution is -0.125. The number of carbonyl (C=O) groups is 1. The smallest absolute Gasteiger partial charge is 0.246 e. The molecule has 1 amide bonds. The van der Waals surface area contributed by atoms with E-state index in [1.165, 1.54) is 6.08 Å². The van der Waals surface area contributed by atoms with Crippen molar-refractivity contribution < 1.29 is 9.21 Å². The topological polar surface area (TPSA) is 75.0 Å². The predicted molar refractivity (Wildman–Crippen MR) is 78.1 cm³/mol. The number of hydrogen-bond acceptors (Lipinski definition) is 4. The summed E-state index contributed by atoms with van der Waals surface area (Å²) in [5.41, 5.74) is 1.47. The third-order valence-corrected chi connectivity index (χ3v) is 3.00. The van der Waals surface area contributed by atoms with Gasteiger partial charge in [-0.15, -0.1) is 0 Å². The van der Waals surface area contributed by atoms with Gasteiger partial charge in [0.2, 0.25) is 11.8 Å². The Bertz CT molecular complexity index is 741. The third kappa shape index (κ3) is 3.00. The molecule has 0 unspecified atom stereocenters. The number of para-hydroxylation sites is 2. The molecule has 0 spiro atoms. The number of rotatable bonds is 4. The van der Waals surface area contributed by atoms with Crippen molar-refractivity contribution in [1.29, 1.82) is 0 Å². The number of likely N-dealkylation sites (N-methyl/N-ethyl adjacent to an activating group) is 1. The van der Waals surface area contributed by atoms with Gasteiger partial charge in [-0.2, -0.15) is 0 Å². The molecule has 3 rings (SSSR count). The second-order valence-electron chi connectivity index (χ2n) is 4.58. The molecule has 1 aromatic carbocycles. The lowest BCUT2D eigenvalue weighted by Crippen LogP contribution is -2.24. The molecule has 6 heteroatoms. The van der Waals surface area contributed by atoms with E-state index in [4.69, 9.17) is 4.42 Å². The highest BCUT2D eigenvalue weighted by molar-refractivity contribution is 5.91. The summed E-state index contributed by atoms with van der Waals surface area (Å²) in [4.78, 5) is 24.9. The average molecular weight is 282 g/mol. The van der Waals surface area contributed by atoms with Crippen molar-refractivity contribution >= 4 is 23.1 Å². The van der Waals surface area contributed by atoms with Crippen LogP contribution in [-0.2, 0) is 11.3 Å². The van der Waals surface area contributed by atoms with E-state index >= 15 is 0 Å². The monoisotopic (exact) mass is 282 g/mol. The Balaban J connectivity index is 1.68. The van der Waals surface area contributed by atoms with Crippen LogP contribution >= 0.6 is 0 Å². The van der Waals surface area contributed by atoms with E-state index in [2.05, 4.69) is 15.0 Å². The van der Waals surface area contributed by atoms with E-state index in [1.807, 2.05) is 24.3 Å². The summed E-state index contributed by atoms with van der Waals surface area (Å²) in [5.74, 6) is 1.01. The van der Waals surface area contributed by atoms with Gasteiger partial charge in [0.05, 0.1) is 6.54 Å². The van der Waals surface area contributed by atoms with Gasteiger partial charge in [-0.25, -0.2) is 9.97 Å². The molecule has 0 aliphatic carbocycles. The first kappa shape index (κ1) is 13.1. The highest BCUT2D eigenvalue weighted by Gasteiger charge is 2.08. The maximum absolute atomic E-state index is 12.0. The van der Waals surface area contributed by atoms with Gasteiger partial charge < -0.3 is 14.3 Å². The van der Waals surface area contributed by atoms with Crippen LogP contribution in [0.5, 0.6) is 0 Å². The van der Waals surface area contributed by atoms with E-state index in [0.717, 1.165) is 11.3 Å². The number of benzene rings is 1. The minimum absolute atomic E-state index is 0.145. The van der Waals surface area contributed by atoms with Crippen LogP contribution in [0, 0.1) is 0 Å². The standard InChI is InChI=1S/C15H14N4O2/c1-19(10-13-16-8-9-17-13)15(20)7-6-14-18-11-4-2-3-5-12(11)21-14/h2-9H,10H2,1H3,(H,16,17). The number of aromatic amines is 1. The van der Waals surface area contributed by atoms with Crippen molar-refractivity contribution in [2.24, 2.45) is 0 Å². The normalized spacial score (nSPS) is 11.3. The number of fused-ring (bicyclic) bond motifs is 1. The van der Waals surface area contributed by atoms with Crippen molar-refractivity contribution in [1.82, 2.24) is 19.9 Å². The van der Waals surface area contributed by atoms with E-state index < -0.39 is 0 Å². The van der Waals surface area contributed by atoms with Crippen LogP contribution in [0.4, 0.5) is 0 Å². The molecular formula is C15H14N4O2. The maximum atomic E-state index is 12.0. The molecule has 3 aromatic rings. The second kappa shape index (κ2) is 5.62. The number of amides is 1. The van der Waals surface area contributed by atoms with Crippen LogP contribution in [0.3, 0.4) is 0 Å². The van der Waals surface area contributed by atoms with E-state index in [-0.39, 0.29) is 5.91 Å². The summed E-state index contributed by atoms with van der Waals surface area (Å²) in [7, 11) is 1.71. The zero-order chi connectivity index (χ0) is 14.7. The minimum Gasteiger partial charge on any atom is -0.437 e. The zero-order valence-electron chi connectivity index (χ0n) is 11.5. The molecule has 21 heavy (non-hydrogen) atoms. The molecule has 0 radical (unpaired) electrons. The van der Waals surface area contributed by atoms with Gasteiger partial charge in [-0.3, -0.25) is 4.79 Å². The van der Waals surface area contributed by atoms with Crippen LogP contribution < -0.4 is 0 Å². The number of oxazole rings is 1. The van der Waals surface area contributed by atoms with Crippen molar-refractivity contribution in [3.63, 3.8) is 0 Å². The lowest BCUT2D eigenvalue weighted by atomic mass is 10.3. The SMILES string of the molecule is CN(Cc1ncc[nH]1)C(=O)C=Cc1nc2ccccc2o1. The summed E-state index contributed by atoms with van der Waals surface area (Å²) in [6, 6.07) is 7.47. The van der Waals surface area contributed by atoms with Gasteiger partial charge in [0.25, 0.3) is 0 Å². The first-order chi connectivity index (χ1) is 10.2. The molecule has 2 heterocycles. The van der Waals surface area contributed by atoms with E-state index in [9.17, 15) is 4.79 Å². The Labute approximate surface area is 121 Å². The van der Waals surface area contributed by atoms with Gasteiger partial charge in [-0.1, -0.05) is 12.1 Å². The maximum Gasteiger partial charge on any atom is 0.246 e. The molecule has 0 saturated carbocycles. The molecule has 6 nitrogen and oxygen atoms in total. The quantitative estimate of drug-likeness (QED) is 0.744. The number of H-pyrrole nitrogens is 1. The minimum atomic E-state index is -0.145. The molecule has 0 saturated heterocycles. The van der Waals surface area contributed by atoms with Crippen LogP contribution in [0.15, 0.2) is 47.2 Å². The molecule has 0 aliphatic heterocycles.